The van der Waals surface area contributed by atoms with Crippen LogP contribution in [-0.4, -0.2) is 58.0 Å². The highest BCUT2D eigenvalue weighted by molar-refractivity contribution is 8.00. The zero-order valence-electron chi connectivity index (χ0n) is 10.6. The van der Waals surface area contributed by atoms with Crippen molar-refractivity contribution in [2.75, 3.05) is 18.1 Å². The highest BCUT2D eigenvalue weighted by Gasteiger charge is 2.20. The predicted molar refractivity (Wildman–Crippen MR) is 68.4 cm³/mol. The molecular formula is C10H16N2O6S. The number of carboxylic acid groups (broad SMARTS) is 1. The van der Waals surface area contributed by atoms with E-state index in [0.29, 0.717) is 0 Å². The highest BCUT2D eigenvalue weighted by Crippen LogP contribution is 2.05. The van der Waals surface area contributed by atoms with Gasteiger partial charge in [0, 0.05) is 18.4 Å². The summed E-state index contributed by atoms with van der Waals surface area (Å²) in [7, 11) is 0. The Hall–Kier alpha value is -1.77. The van der Waals surface area contributed by atoms with Gasteiger partial charge in [-0.2, -0.15) is 11.8 Å². The minimum atomic E-state index is -1.18. The maximum atomic E-state index is 11.2. The van der Waals surface area contributed by atoms with Crippen molar-refractivity contribution in [2.45, 2.75) is 19.9 Å². The van der Waals surface area contributed by atoms with Gasteiger partial charge in [0.1, 0.15) is 6.04 Å². The van der Waals surface area contributed by atoms with Gasteiger partial charge in [-0.15, -0.1) is 0 Å². The molecule has 8 nitrogen and oxygen atoms in total. The van der Waals surface area contributed by atoms with Crippen LogP contribution >= 0.6 is 11.8 Å². The maximum Gasteiger partial charge on any atom is 0.356 e. The van der Waals surface area contributed by atoms with E-state index in [-0.39, 0.29) is 23.8 Å². The van der Waals surface area contributed by atoms with Crippen LogP contribution < -0.4 is 5.32 Å². The van der Waals surface area contributed by atoms with Crippen LogP contribution in [0.1, 0.15) is 13.8 Å². The number of oxime groups is 1. The number of nitrogens with one attached hydrogen (secondary N) is 1. The molecule has 0 aliphatic heterocycles. The van der Waals surface area contributed by atoms with Gasteiger partial charge >= 0.3 is 11.9 Å². The van der Waals surface area contributed by atoms with Crippen molar-refractivity contribution in [2.24, 2.45) is 5.16 Å². The summed E-state index contributed by atoms with van der Waals surface area (Å²) in [5.74, 6) is -2.38. The first-order chi connectivity index (χ1) is 8.92. The van der Waals surface area contributed by atoms with Crippen LogP contribution in [-0.2, 0) is 19.1 Å². The normalized spacial score (nSPS) is 12.6. The standard InChI is InChI=1S/C10H16N2O6S/c1-3-18-10(16)8(12-17)5-19-4-7(9(14)15)11-6(2)13/h7,17H,3-5H2,1-2H3,(H,11,13)(H,14,15)/b12-8+. The topological polar surface area (TPSA) is 125 Å². The number of thioether (sulfide) groups is 1. The largest absolute Gasteiger partial charge is 0.480 e. The molecule has 0 aliphatic carbocycles. The molecule has 3 N–H and O–H groups in total. The van der Waals surface area contributed by atoms with Crippen molar-refractivity contribution in [3.63, 3.8) is 0 Å². The third-order valence-electron chi connectivity index (χ3n) is 1.83. The Balaban J connectivity index is 4.27. The zero-order chi connectivity index (χ0) is 14.8. The Morgan fingerprint density at radius 1 is 1.42 bits per heavy atom. The summed E-state index contributed by atoms with van der Waals surface area (Å²) in [4.78, 5) is 32.9. The summed E-state index contributed by atoms with van der Waals surface area (Å²) in [6.07, 6.45) is 0. The first kappa shape index (κ1) is 17.2. The van der Waals surface area contributed by atoms with Gasteiger partial charge in [-0.25, -0.2) is 9.59 Å². The Labute approximate surface area is 114 Å². The van der Waals surface area contributed by atoms with E-state index in [9.17, 15) is 14.4 Å². The number of hydrogen-bond donors (Lipinski definition) is 3. The predicted octanol–water partition coefficient (Wildman–Crippen LogP) is -0.298. The second-order valence-electron chi connectivity index (χ2n) is 3.37. The molecule has 19 heavy (non-hydrogen) atoms. The molecule has 0 aromatic rings. The number of rotatable bonds is 8. The van der Waals surface area contributed by atoms with Crippen LogP contribution in [0.3, 0.4) is 0 Å². The monoisotopic (exact) mass is 292 g/mol. The Bertz CT molecular complexity index is 371. The molecule has 0 aromatic heterocycles. The van der Waals surface area contributed by atoms with Gasteiger partial charge in [0.25, 0.3) is 0 Å². The van der Waals surface area contributed by atoms with Crippen LogP contribution in [0, 0.1) is 0 Å². The van der Waals surface area contributed by atoms with Crippen molar-refractivity contribution in [1.29, 1.82) is 0 Å². The van der Waals surface area contributed by atoms with Crippen LogP contribution in [0.5, 0.6) is 0 Å². The van der Waals surface area contributed by atoms with Gasteiger partial charge in [0.2, 0.25) is 5.91 Å². The van der Waals surface area contributed by atoms with Crippen molar-refractivity contribution in [3.8, 4) is 0 Å². The molecule has 0 bridgehead atoms. The minimum Gasteiger partial charge on any atom is -0.480 e. The van der Waals surface area contributed by atoms with Crippen molar-refractivity contribution < 1.29 is 29.4 Å². The Kier molecular flexibility index (Phi) is 8.34. The summed E-state index contributed by atoms with van der Waals surface area (Å²) >= 11 is 1.03. The molecule has 0 radical (unpaired) electrons. The van der Waals surface area contributed by atoms with E-state index < -0.39 is 23.9 Å². The second kappa shape index (κ2) is 9.20. The third kappa shape index (κ3) is 7.29. The highest BCUT2D eigenvalue weighted by atomic mass is 32.2. The number of hydrogen-bond acceptors (Lipinski definition) is 7. The van der Waals surface area contributed by atoms with E-state index >= 15 is 0 Å². The van der Waals surface area contributed by atoms with Gasteiger partial charge in [-0.3, -0.25) is 4.79 Å². The van der Waals surface area contributed by atoms with E-state index in [4.69, 9.17) is 10.3 Å². The van der Waals surface area contributed by atoms with Crippen LogP contribution in [0.15, 0.2) is 5.16 Å². The lowest BCUT2D eigenvalue weighted by Crippen LogP contribution is -2.41. The van der Waals surface area contributed by atoms with Gasteiger partial charge in [0.05, 0.1) is 6.61 Å². The number of ether oxygens (including phenoxy) is 1. The van der Waals surface area contributed by atoms with Crippen LogP contribution in [0.25, 0.3) is 0 Å². The van der Waals surface area contributed by atoms with E-state index in [1.54, 1.807) is 6.92 Å². The lowest BCUT2D eigenvalue weighted by molar-refractivity contribution is -0.140. The number of amides is 1. The maximum absolute atomic E-state index is 11.2. The summed E-state index contributed by atoms with van der Waals surface area (Å²) in [6.45, 7) is 2.96. The molecule has 9 heteroatoms. The zero-order valence-corrected chi connectivity index (χ0v) is 11.4. The minimum absolute atomic E-state index is 0.0152. The first-order valence-electron chi connectivity index (χ1n) is 5.38. The molecule has 0 aromatic carbocycles. The Morgan fingerprint density at radius 2 is 2.05 bits per heavy atom. The number of carbonyl (C=O) groups is 3. The number of nitrogens with zero attached hydrogens (tertiary/aromatic N) is 1. The fourth-order valence-electron chi connectivity index (χ4n) is 1.04. The fourth-order valence-corrected chi connectivity index (χ4v) is 1.98. The molecule has 0 heterocycles. The lowest BCUT2D eigenvalue weighted by Gasteiger charge is -2.12. The number of carbonyl (C=O) groups excluding carboxylic acids is 2. The molecule has 1 amide bonds. The average Bonchev–Trinajstić information content (AvgIpc) is 2.32. The van der Waals surface area contributed by atoms with Crippen LogP contribution in [0.4, 0.5) is 0 Å². The number of esters is 1. The number of aliphatic carboxylic acids is 1. The second-order valence-corrected chi connectivity index (χ2v) is 4.40. The molecule has 108 valence electrons. The molecular weight excluding hydrogens is 276 g/mol. The van der Waals surface area contributed by atoms with E-state index in [0.717, 1.165) is 11.8 Å². The molecule has 1 atom stereocenters. The Morgan fingerprint density at radius 3 is 2.47 bits per heavy atom. The smallest absolute Gasteiger partial charge is 0.356 e. The summed E-state index contributed by atoms with van der Waals surface area (Å²) in [5, 5.41) is 22.5. The summed E-state index contributed by atoms with van der Waals surface area (Å²) < 4.78 is 4.64. The fraction of sp³-hybridized carbons (Fsp3) is 0.600. The van der Waals surface area contributed by atoms with E-state index in [2.05, 4.69) is 15.2 Å². The van der Waals surface area contributed by atoms with E-state index in [1.165, 1.54) is 6.92 Å². The van der Waals surface area contributed by atoms with Gasteiger partial charge in [-0.05, 0) is 6.92 Å². The van der Waals surface area contributed by atoms with Gasteiger partial charge < -0.3 is 20.4 Å². The van der Waals surface area contributed by atoms with Gasteiger partial charge in [0.15, 0.2) is 5.71 Å². The van der Waals surface area contributed by atoms with Crippen LogP contribution in [0.2, 0.25) is 0 Å². The molecule has 0 saturated heterocycles. The molecule has 0 aliphatic rings. The van der Waals surface area contributed by atoms with Crippen molar-refractivity contribution in [1.82, 2.24) is 5.32 Å². The van der Waals surface area contributed by atoms with Crippen molar-refractivity contribution >= 4 is 35.3 Å². The first-order valence-corrected chi connectivity index (χ1v) is 6.53. The lowest BCUT2D eigenvalue weighted by atomic mass is 10.3. The van der Waals surface area contributed by atoms with E-state index in [1.807, 2.05) is 0 Å². The quantitative estimate of drug-likeness (QED) is 0.243. The SMILES string of the molecule is CCOC(=O)/C(CSCC(NC(C)=O)C(=O)O)=N/O. The molecule has 1 unspecified atom stereocenters. The third-order valence-corrected chi connectivity index (χ3v) is 2.88. The summed E-state index contributed by atoms with van der Waals surface area (Å²) in [6, 6.07) is -1.07. The molecule has 0 fully saturated rings. The molecule has 0 saturated carbocycles. The molecule has 0 spiro atoms. The summed E-state index contributed by atoms with van der Waals surface area (Å²) in [5.41, 5.74) is -0.209. The average molecular weight is 292 g/mol. The van der Waals surface area contributed by atoms with Crippen molar-refractivity contribution in [3.05, 3.63) is 0 Å². The number of carboxylic acids is 1. The van der Waals surface area contributed by atoms with Gasteiger partial charge in [-0.1, -0.05) is 5.16 Å². The molecule has 0 rings (SSSR count).